The monoisotopic (exact) mass is 782 g/mol. The number of phenolic OH excluding ortho intramolecular Hbond substituents is 1. The Morgan fingerprint density at radius 1 is 0.768 bits per heavy atom. The number of phenols is 1. The second-order valence-electron chi connectivity index (χ2n) is 15.4. The van der Waals surface area contributed by atoms with E-state index in [1.807, 2.05) is 44.4 Å². The Morgan fingerprint density at radius 3 is 1.68 bits per heavy atom. The van der Waals surface area contributed by atoms with Gasteiger partial charge in [-0.15, -0.1) is 0 Å². The molecule has 56 heavy (non-hydrogen) atoms. The van der Waals surface area contributed by atoms with E-state index < -0.39 is 46.8 Å². The Labute approximate surface area is 325 Å². The van der Waals surface area contributed by atoms with Crippen molar-refractivity contribution in [2.75, 3.05) is 49.9 Å². The van der Waals surface area contributed by atoms with Crippen LogP contribution >= 0.6 is 0 Å². The number of nitro groups is 1. The third-order valence-corrected chi connectivity index (χ3v) is 8.62. The Kier molecular flexibility index (Phi) is 16.6. The van der Waals surface area contributed by atoms with E-state index in [1.54, 1.807) is 36.4 Å². The highest BCUT2D eigenvalue weighted by atomic mass is 16.6. The number of rotatable bonds is 20. The SMILES string of the molecule is CC(C)CC(NC(=O)Cc1ccc(N/C(=C\[N+](=O)[O-])Nc2ccc(O)cc2)cc1)C(=O)NC(CN1CCN(CC(NC(=O)CC(C)(C)C)C(=O)O)CC1)C(=O)O. The minimum atomic E-state index is -1.28. The first kappa shape index (κ1) is 44.6. The van der Waals surface area contributed by atoms with Crippen molar-refractivity contribution in [3.8, 4) is 5.75 Å². The highest BCUT2D eigenvalue weighted by Crippen LogP contribution is 2.19. The van der Waals surface area contributed by atoms with Crippen LogP contribution in [0.4, 0.5) is 11.4 Å². The molecule has 1 heterocycles. The number of aromatic hydroxyl groups is 1. The van der Waals surface area contributed by atoms with E-state index in [9.17, 15) is 49.4 Å². The molecule has 1 aliphatic heterocycles. The summed E-state index contributed by atoms with van der Waals surface area (Å²) < 4.78 is 0. The first-order valence-electron chi connectivity index (χ1n) is 18.3. The fourth-order valence-electron chi connectivity index (χ4n) is 5.94. The van der Waals surface area contributed by atoms with Gasteiger partial charge in [-0.2, -0.15) is 0 Å². The number of piperazine rings is 1. The van der Waals surface area contributed by atoms with E-state index in [1.165, 1.54) is 12.1 Å². The third-order valence-electron chi connectivity index (χ3n) is 8.62. The fourth-order valence-corrected chi connectivity index (χ4v) is 5.94. The summed E-state index contributed by atoms with van der Waals surface area (Å²) in [6.07, 6.45) is 1.09. The molecule has 8 N–H and O–H groups in total. The van der Waals surface area contributed by atoms with Crippen LogP contribution in [0.25, 0.3) is 0 Å². The van der Waals surface area contributed by atoms with Gasteiger partial charge in [0.25, 0.3) is 6.20 Å². The molecule has 0 saturated carbocycles. The molecule has 3 amide bonds. The number of carboxylic acid groups (broad SMARTS) is 2. The fraction of sp³-hybridized carbons (Fsp3) is 0.500. The summed E-state index contributed by atoms with van der Waals surface area (Å²) in [4.78, 5) is 77.3. The largest absolute Gasteiger partial charge is 0.508 e. The standard InChI is InChI=1S/C38H54N8O10/c1-24(2)18-29(41-33(48)19-25-6-8-26(9-7-25)39-32(23-46(55)56)40-27-10-12-28(47)13-11-27)35(50)43-31(37(53)54)22-45-16-14-44(15-17-45)21-30(36(51)52)42-34(49)20-38(3,4)5/h6-13,23-24,29-31,39-40,47H,14-22H2,1-5H3,(H,41,48)(H,42,49)(H,43,50)(H,51,52)(H,53,54)/b32-23+. The molecule has 0 aliphatic carbocycles. The Balaban J connectivity index is 1.55. The average Bonchev–Trinajstić information content (AvgIpc) is 3.08. The molecule has 1 fully saturated rings. The summed E-state index contributed by atoms with van der Waals surface area (Å²) in [6, 6.07) is 9.12. The number of carbonyl (C=O) groups is 5. The van der Waals surface area contributed by atoms with Gasteiger partial charge in [0.1, 0.15) is 23.9 Å². The van der Waals surface area contributed by atoms with Gasteiger partial charge in [0.15, 0.2) is 5.82 Å². The van der Waals surface area contributed by atoms with Crippen LogP contribution in [-0.2, 0) is 30.4 Å². The Bertz CT molecular complexity index is 1700. The zero-order chi connectivity index (χ0) is 41.6. The minimum absolute atomic E-state index is 0.00858. The predicted molar refractivity (Wildman–Crippen MR) is 208 cm³/mol. The Hall–Kier alpha value is -5.75. The van der Waals surface area contributed by atoms with E-state index in [0.29, 0.717) is 43.1 Å². The van der Waals surface area contributed by atoms with Gasteiger partial charge < -0.3 is 41.9 Å². The number of anilines is 2. The molecule has 0 spiro atoms. The molecule has 1 saturated heterocycles. The summed E-state index contributed by atoms with van der Waals surface area (Å²) in [5.74, 6) is -3.76. The lowest BCUT2D eigenvalue weighted by Crippen LogP contribution is -2.58. The van der Waals surface area contributed by atoms with Crippen molar-refractivity contribution >= 4 is 41.0 Å². The molecule has 2 aromatic rings. The van der Waals surface area contributed by atoms with Gasteiger partial charge >= 0.3 is 11.9 Å². The van der Waals surface area contributed by atoms with E-state index in [2.05, 4.69) is 26.6 Å². The van der Waals surface area contributed by atoms with Crippen LogP contribution in [0.2, 0.25) is 0 Å². The molecule has 0 aromatic heterocycles. The second kappa shape index (κ2) is 20.8. The van der Waals surface area contributed by atoms with E-state index in [0.717, 1.165) is 6.20 Å². The second-order valence-corrected chi connectivity index (χ2v) is 15.4. The summed E-state index contributed by atoms with van der Waals surface area (Å²) in [6.45, 7) is 11.2. The lowest BCUT2D eigenvalue weighted by molar-refractivity contribution is -0.403. The molecule has 306 valence electrons. The van der Waals surface area contributed by atoms with Gasteiger partial charge in [-0.25, -0.2) is 9.59 Å². The first-order valence-corrected chi connectivity index (χ1v) is 18.3. The van der Waals surface area contributed by atoms with Crippen molar-refractivity contribution in [2.45, 2.75) is 72.0 Å². The zero-order valence-corrected chi connectivity index (χ0v) is 32.4. The van der Waals surface area contributed by atoms with Crippen LogP contribution < -0.4 is 26.6 Å². The zero-order valence-electron chi connectivity index (χ0n) is 32.4. The molecule has 3 atom stereocenters. The van der Waals surface area contributed by atoms with Gasteiger partial charge in [0.05, 0.1) is 11.3 Å². The summed E-state index contributed by atoms with van der Waals surface area (Å²) >= 11 is 0. The minimum Gasteiger partial charge on any atom is -0.508 e. The van der Waals surface area contributed by atoms with Crippen LogP contribution in [0.15, 0.2) is 60.6 Å². The number of aliphatic carboxylic acids is 2. The van der Waals surface area contributed by atoms with E-state index >= 15 is 0 Å². The van der Waals surface area contributed by atoms with Crippen LogP contribution in [-0.4, -0.2) is 117 Å². The molecule has 0 bridgehead atoms. The molecule has 18 heteroatoms. The topological polar surface area (TPSA) is 256 Å². The number of nitrogens with zero attached hydrogens (tertiary/aromatic N) is 3. The van der Waals surface area contributed by atoms with Gasteiger partial charge in [0, 0.05) is 57.1 Å². The Morgan fingerprint density at radius 2 is 1.23 bits per heavy atom. The number of amides is 3. The van der Waals surface area contributed by atoms with E-state index in [4.69, 9.17) is 0 Å². The number of nitrogens with one attached hydrogen (secondary N) is 5. The highest BCUT2D eigenvalue weighted by Gasteiger charge is 2.31. The maximum absolute atomic E-state index is 13.4. The first-order chi connectivity index (χ1) is 26.3. The normalized spacial score (nSPS) is 15.6. The number of carbonyl (C=O) groups excluding carboxylic acids is 3. The quantitative estimate of drug-likeness (QED) is 0.0545. The van der Waals surface area contributed by atoms with Crippen molar-refractivity contribution in [1.29, 1.82) is 0 Å². The molecule has 0 radical (unpaired) electrons. The smallest absolute Gasteiger partial charge is 0.327 e. The van der Waals surface area contributed by atoms with Gasteiger partial charge in [0.2, 0.25) is 17.7 Å². The summed E-state index contributed by atoms with van der Waals surface area (Å²) in [5.41, 5.74) is 1.27. The predicted octanol–water partition coefficient (Wildman–Crippen LogP) is 2.26. The van der Waals surface area contributed by atoms with Crippen LogP contribution in [0, 0.1) is 21.4 Å². The maximum atomic E-state index is 13.4. The number of hydrogen-bond acceptors (Lipinski definition) is 12. The molecule has 3 rings (SSSR count). The van der Waals surface area contributed by atoms with Gasteiger partial charge in [-0.1, -0.05) is 46.8 Å². The number of hydrogen-bond donors (Lipinski definition) is 8. The lowest BCUT2D eigenvalue weighted by Gasteiger charge is -2.37. The molecule has 18 nitrogen and oxygen atoms in total. The van der Waals surface area contributed by atoms with Crippen LogP contribution in [0.1, 0.15) is 53.0 Å². The van der Waals surface area contributed by atoms with Crippen molar-refractivity contribution in [3.63, 3.8) is 0 Å². The summed E-state index contributed by atoms with van der Waals surface area (Å²) in [7, 11) is 0. The molecular weight excluding hydrogens is 728 g/mol. The van der Waals surface area contributed by atoms with Crippen LogP contribution in [0.3, 0.4) is 0 Å². The highest BCUT2D eigenvalue weighted by molar-refractivity contribution is 5.91. The molecule has 3 unspecified atom stereocenters. The van der Waals surface area contributed by atoms with Crippen molar-refractivity contribution in [3.05, 3.63) is 76.2 Å². The van der Waals surface area contributed by atoms with Crippen molar-refractivity contribution in [2.24, 2.45) is 11.3 Å². The number of benzene rings is 2. The van der Waals surface area contributed by atoms with Gasteiger partial charge in [-0.05, 0) is 59.7 Å². The third kappa shape index (κ3) is 16.3. The molecular formula is C38H54N8O10. The maximum Gasteiger partial charge on any atom is 0.327 e. The van der Waals surface area contributed by atoms with Crippen molar-refractivity contribution in [1.82, 2.24) is 25.8 Å². The van der Waals surface area contributed by atoms with Crippen molar-refractivity contribution < 1.29 is 44.2 Å². The molecule has 2 aromatic carbocycles. The molecule has 1 aliphatic rings. The van der Waals surface area contributed by atoms with Gasteiger partial charge in [-0.3, -0.25) is 34.3 Å². The number of carboxylic acids is 2. The van der Waals surface area contributed by atoms with Crippen LogP contribution in [0.5, 0.6) is 5.75 Å². The van der Waals surface area contributed by atoms with E-state index in [-0.39, 0.29) is 61.2 Å². The lowest BCUT2D eigenvalue weighted by atomic mass is 9.92. The average molecular weight is 783 g/mol. The summed E-state index contributed by atoms with van der Waals surface area (Å²) in [5, 5.41) is 54.1.